The number of halogens is 1. The molecule has 0 aliphatic heterocycles. The van der Waals surface area contributed by atoms with E-state index in [9.17, 15) is 0 Å². The third-order valence-corrected chi connectivity index (χ3v) is 4.41. The van der Waals surface area contributed by atoms with Crippen molar-refractivity contribution in [3.05, 3.63) is 51.0 Å². The van der Waals surface area contributed by atoms with Crippen LogP contribution in [-0.2, 0) is 13.1 Å². The van der Waals surface area contributed by atoms with Crippen LogP contribution in [0.15, 0.2) is 44.6 Å². The molecule has 0 amide bonds. The van der Waals surface area contributed by atoms with Crippen LogP contribution in [0.5, 0.6) is 0 Å². The van der Waals surface area contributed by atoms with E-state index in [2.05, 4.69) is 45.0 Å². The number of aromatic nitrogens is 1. The molecule has 1 aromatic carbocycles. The average Bonchev–Trinajstić information content (AvgIpc) is 2.94. The Morgan fingerprint density at radius 2 is 2.05 bits per heavy atom. The quantitative estimate of drug-likeness (QED) is 0.711. The molecule has 3 nitrogen and oxygen atoms in total. The monoisotopic (exact) mass is 336 g/mol. The lowest BCUT2D eigenvalue weighted by molar-refractivity contribution is 0.287. The molecule has 0 atom stereocenters. The van der Waals surface area contributed by atoms with Gasteiger partial charge in [0, 0.05) is 11.4 Å². The zero-order valence-electron chi connectivity index (χ0n) is 10.5. The number of benzene rings is 1. The molecule has 3 rings (SSSR count). The number of thiophene rings is 1. The molecule has 0 radical (unpaired) electrons. The molecule has 0 spiro atoms. The van der Waals surface area contributed by atoms with Crippen molar-refractivity contribution in [2.75, 3.05) is 7.05 Å². The summed E-state index contributed by atoms with van der Waals surface area (Å²) in [5.41, 5.74) is 1.77. The van der Waals surface area contributed by atoms with Gasteiger partial charge in [-0.15, -0.1) is 11.3 Å². The van der Waals surface area contributed by atoms with Crippen LogP contribution in [0.25, 0.3) is 11.1 Å². The Balaban J connectivity index is 1.70. The van der Waals surface area contributed by atoms with E-state index in [4.69, 9.17) is 4.42 Å². The molecular weight excluding hydrogens is 324 g/mol. The van der Waals surface area contributed by atoms with Crippen molar-refractivity contribution in [3.8, 4) is 0 Å². The van der Waals surface area contributed by atoms with Crippen LogP contribution < -0.4 is 0 Å². The standard InChI is InChI=1S/C14H13BrN2OS/c1-17(8-10-6-7-13(15)19-10)9-14-16-11-4-2-3-5-12(11)18-14/h2-7H,8-9H2,1H3. The SMILES string of the molecule is CN(Cc1nc2ccccc2o1)Cc1ccc(Br)s1. The van der Waals surface area contributed by atoms with Gasteiger partial charge in [0.2, 0.25) is 5.89 Å². The van der Waals surface area contributed by atoms with Crippen molar-refractivity contribution in [1.29, 1.82) is 0 Å². The smallest absolute Gasteiger partial charge is 0.209 e. The minimum absolute atomic E-state index is 0.712. The molecule has 3 aromatic rings. The molecule has 98 valence electrons. The molecule has 0 aliphatic carbocycles. The Bertz CT molecular complexity index is 658. The molecule has 0 N–H and O–H groups in total. The largest absolute Gasteiger partial charge is 0.439 e. The summed E-state index contributed by atoms with van der Waals surface area (Å²) in [4.78, 5) is 8.01. The molecule has 0 saturated heterocycles. The summed E-state index contributed by atoms with van der Waals surface area (Å²) in [5, 5.41) is 0. The van der Waals surface area contributed by atoms with Crippen molar-refractivity contribution in [3.63, 3.8) is 0 Å². The van der Waals surface area contributed by atoms with Gasteiger partial charge in [0.05, 0.1) is 10.3 Å². The van der Waals surface area contributed by atoms with E-state index in [1.807, 2.05) is 24.3 Å². The summed E-state index contributed by atoms with van der Waals surface area (Å²) < 4.78 is 6.89. The Kier molecular flexibility index (Phi) is 3.68. The van der Waals surface area contributed by atoms with Crippen molar-refractivity contribution in [2.45, 2.75) is 13.1 Å². The van der Waals surface area contributed by atoms with Crippen LogP contribution in [-0.4, -0.2) is 16.9 Å². The molecule has 0 fully saturated rings. The first-order valence-corrected chi connectivity index (χ1v) is 7.59. The van der Waals surface area contributed by atoms with Gasteiger partial charge >= 0.3 is 0 Å². The predicted octanol–water partition coefficient (Wildman–Crippen LogP) is 4.28. The van der Waals surface area contributed by atoms with Gasteiger partial charge in [-0.2, -0.15) is 0 Å². The maximum atomic E-state index is 5.72. The van der Waals surface area contributed by atoms with Crippen LogP contribution in [0.3, 0.4) is 0 Å². The third-order valence-electron chi connectivity index (χ3n) is 2.80. The molecule has 19 heavy (non-hydrogen) atoms. The Labute approximate surface area is 124 Å². The van der Waals surface area contributed by atoms with Crippen molar-refractivity contribution in [2.24, 2.45) is 0 Å². The molecule has 0 aliphatic rings. The average molecular weight is 337 g/mol. The Hall–Kier alpha value is -1.17. The summed E-state index contributed by atoms with van der Waals surface area (Å²) in [6.45, 7) is 1.61. The first kappa shape index (κ1) is 12.8. The van der Waals surface area contributed by atoms with E-state index >= 15 is 0 Å². The highest BCUT2D eigenvalue weighted by molar-refractivity contribution is 9.11. The minimum atomic E-state index is 0.712. The van der Waals surface area contributed by atoms with E-state index in [1.54, 1.807) is 11.3 Å². The van der Waals surface area contributed by atoms with E-state index < -0.39 is 0 Å². The highest BCUT2D eigenvalue weighted by Gasteiger charge is 2.09. The van der Waals surface area contributed by atoms with Crippen molar-refractivity contribution >= 4 is 38.4 Å². The topological polar surface area (TPSA) is 29.3 Å². The molecule has 2 heterocycles. The second-order valence-electron chi connectivity index (χ2n) is 4.45. The van der Waals surface area contributed by atoms with E-state index in [-0.39, 0.29) is 0 Å². The fourth-order valence-corrected chi connectivity index (χ4v) is 3.54. The van der Waals surface area contributed by atoms with Crippen molar-refractivity contribution < 1.29 is 4.42 Å². The fraction of sp³-hybridized carbons (Fsp3) is 0.214. The maximum Gasteiger partial charge on any atom is 0.209 e. The Morgan fingerprint density at radius 1 is 1.21 bits per heavy atom. The molecule has 0 bridgehead atoms. The first-order chi connectivity index (χ1) is 9.20. The summed E-state index contributed by atoms with van der Waals surface area (Å²) in [6.07, 6.45) is 0. The van der Waals surface area contributed by atoms with Crippen molar-refractivity contribution in [1.82, 2.24) is 9.88 Å². The first-order valence-electron chi connectivity index (χ1n) is 5.98. The van der Waals surface area contributed by atoms with Gasteiger partial charge in [0.25, 0.3) is 0 Å². The number of nitrogens with zero attached hydrogens (tertiary/aromatic N) is 2. The fourth-order valence-electron chi connectivity index (χ4n) is 1.98. The zero-order chi connectivity index (χ0) is 13.2. The normalized spacial score (nSPS) is 11.5. The summed E-state index contributed by atoms with van der Waals surface area (Å²) in [5.74, 6) is 0.763. The number of hydrogen-bond donors (Lipinski definition) is 0. The van der Waals surface area contributed by atoms with Gasteiger partial charge in [0.1, 0.15) is 5.52 Å². The van der Waals surface area contributed by atoms with Gasteiger partial charge in [-0.25, -0.2) is 4.98 Å². The summed E-state index contributed by atoms with van der Waals surface area (Å²) in [6, 6.07) is 12.1. The van der Waals surface area contributed by atoms with Crippen LogP contribution in [0.2, 0.25) is 0 Å². The number of rotatable bonds is 4. The lowest BCUT2D eigenvalue weighted by atomic mass is 10.3. The van der Waals surface area contributed by atoms with E-state index in [1.165, 1.54) is 4.88 Å². The van der Waals surface area contributed by atoms with Crippen LogP contribution in [0, 0.1) is 0 Å². The van der Waals surface area contributed by atoms with E-state index in [0.717, 1.165) is 27.3 Å². The number of hydrogen-bond acceptors (Lipinski definition) is 4. The molecule has 0 saturated carbocycles. The lowest BCUT2D eigenvalue weighted by Crippen LogP contribution is -2.16. The lowest BCUT2D eigenvalue weighted by Gasteiger charge is -2.12. The number of fused-ring (bicyclic) bond motifs is 1. The maximum absolute atomic E-state index is 5.72. The van der Waals surface area contributed by atoms with Gasteiger partial charge in [-0.1, -0.05) is 12.1 Å². The molecular formula is C14H13BrN2OS. The van der Waals surface area contributed by atoms with Crippen LogP contribution in [0.4, 0.5) is 0 Å². The number of oxazole rings is 1. The molecule has 5 heteroatoms. The predicted molar refractivity (Wildman–Crippen MR) is 81.2 cm³/mol. The number of para-hydroxylation sites is 2. The second-order valence-corrected chi connectivity index (χ2v) is 7.00. The van der Waals surface area contributed by atoms with Crippen LogP contribution in [0.1, 0.15) is 10.8 Å². The summed E-state index contributed by atoms with van der Waals surface area (Å²) in [7, 11) is 2.07. The third kappa shape index (κ3) is 3.05. The molecule has 2 aromatic heterocycles. The minimum Gasteiger partial charge on any atom is -0.439 e. The zero-order valence-corrected chi connectivity index (χ0v) is 12.9. The Morgan fingerprint density at radius 3 is 2.79 bits per heavy atom. The highest BCUT2D eigenvalue weighted by atomic mass is 79.9. The second kappa shape index (κ2) is 5.45. The van der Waals surface area contributed by atoms with E-state index in [0.29, 0.717) is 6.54 Å². The highest BCUT2D eigenvalue weighted by Crippen LogP contribution is 2.23. The molecule has 0 unspecified atom stereocenters. The van der Waals surface area contributed by atoms with Crippen LogP contribution >= 0.6 is 27.3 Å². The van der Waals surface area contributed by atoms with Gasteiger partial charge in [0.15, 0.2) is 5.58 Å². The summed E-state index contributed by atoms with van der Waals surface area (Å²) >= 11 is 5.24. The van der Waals surface area contributed by atoms with Gasteiger partial charge in [-0.3, -0.25) is 4.90 Å². The van der Waals surface area contributed by atoms with Gasteiger partial charge in [-0.05, 0) is 47.2 Å². The van der Waals surface area contributed by atoms with Gasteiger partial charge < -0.3 is 4.42 Å².